The van der Waals surface area contributed by atoms with E-state index in [1.54, 1.807) is 32.9 Å². The molecule has 2 rings (SSSR count). The van der Waals surface area contributed by atoms with Crippen LogP contribution in [0.25, 0.3) is 0 Å². The molecule has 0 spiro atoms. The maximum atomic E-state index is 12.3. The minimum absolute atomic E-state index is 0.127. The molecule has 0 aliphatic heterocycles. The van der Waals surface area contributed by atoms with Crippen molar-refractivity contribution in [1.29, 1.82) is 0 Å². The van der Waals surface area contributed by atoms with Crippen molar-refractivity contribution in [3.63, 3.8) is 0 Å². The highest BCUT2D eigenvalue weighted by Crippen LogP contribution is 2.19. The Morgan fingerprint density at radius 2 is 1.86 bits per heavy atom. The monoisotopic (exact) mass is 310 g/mol. The van der Waals surface area contributed by atoms with Gasteiger partial charge in [0.05, 0.1) is 23.2 Å². The van der Waals surface area contributed by atoms with Gasteiger partial charge >= 0.3 is 0 Å². The van der Waals surface area contributed by atoms with Crippen molar-refractivity contribution in [3.8, 4) is 0 Å². The second kappa shape index (κ2) is 5.97. The topological polar surface area (TPSA) is 92.4 Å². The Morgan fingerprint density at radius 1 is 1.24 bits per heavy atom. The average Bonchev–Trinajstić information content (AvgIpc) is 2.85. The van der Waals surface area contributed by atoms with E-state index in [1.807, 2.05) is 0 Å². The molecule has 0 aliphatic carbocycles. The molecule has 0 bridgehead atoms. The first-order valence-corrected chi connectivity index (χ1v) is 8.00. The highest BCUT2D eigenvalue weighted by molar-refractivity contribution is 7.89. The van der Waals surface area contributed by atoms with Crippen LogP contribution in [0.5, 0.6) is 0 Å². The molecule has 1 aromatic heterocycles. The van der Waals surface area contributed by atoms with Crippen molar-refractivity contribution in [1.82, 2.24) is 9.71 Å². The molecule has 7 heteroatoms. The van der Waals surface area contributed by atoms with Crippen LogP contribution in [-0.2, 0) is 10.0 Å². The van der Waals surface area contributed by atoms with Crippen molar-refractivity contribution >= 4 is 10.0 Å². The predicted molar refractivity (Wildman–Crippen MR) is 77.1 cm³/mol. The summed E-state index contributed by atoms with van der Waals surface area (Å²) in [5.74, 6) is 0.939. The minimum atomic E-state index is -3.67. The molecule has 1 heterocycles. The van der Waals surface area contributed by atoms with E-state index in [0.29, 0.717) is 17.2 Å². The van der Waals surface area contributed by atoms with Crippen LogP contribution in [0, 0.1) is 6.92 Å². The smallest absolute Gasteiger partial charge is 0.241 e. The largest absolute Gasteiger partial charge is 0.444 e. The third-order valence-corrected chi connectivity index (χ3v) is 4.57. The number of aliphatic hydroxyl groups is 1. The normalized spacial score (nSPS) is 14.9. The Bertz CT molecular complexity index is 705. The lowest BCUT2D eigenvalue weighted by Gasteiger charge is -2.12. The number of hydrogen-bond donors (Lipinski definition) is 2. The second-order valence-corrected chi connectivity index (χ2v) is 6.61. The lowest BCUT2D eigenvalue weighted by atomic mass is 10.1. The van der Waals surface area contributed by atoms with Gasteiger partial charge in [0.25, 0.3) is 0 Å². The van der Waals surface area contributed by atoms with Crippen LogP contribution in [0.4, 0.5) is 0 Å². The maximum Gasteiger partial charge on any atom is 0.241 e. The number of aromatic nitrogens is 1. The summed E-state index contributed by atoms with van der Waals surface area (Å²) < 4.78 is 32.3. The molecule has 2 atom stereocenters. The summed E-state index contributed by atoms with van der Waals surface area (Å²) in [6.45, 7) is 5.02. The molecule has 0 fully saturated rings. The summed E-state index contributed by atoms with van der Waals surface area (Å²) in [5.41, 5.74) is 0.658. The molecule has 0 amide bonds. The Labute approximate surface area is 123 Å². The molecule has 1 aromatic carbocycles. The highest BCUT2D eigenvalue weighted by Gasteiger charge is 2.21. The molecule has 0 saturated carbocycles. The number of nitrogens with zero attached hydrogens (tertiary/aromatic N) is 1. The van der Waals surface area contributed by atoms with Crippen molar-refractivity contribution in [2.45, 2.75) is 37.8 Å². The van der Waals surface area contributed by atoms with Gasteiger partial charge in [-0.3, -0.25) is 0 Å². The summed E-state index contributed by atoms with van der Waals surface area (Å²) in [4.78, 5) is 4.13. The lowest BCUT2D eigenvalue weighted by molar-refractivity contribution is 0.199. The van der Waals surface area contributed by atoms with Gasteiger partial charge < -0.3 is 9.52 Å². The maximum absolute atomic E-state index is 12.3. The van der Waals surface area contributed by atoms with Gasteiger partial charge in [0, 0.05) is 0 Å². The van der Waals surface area contributed by atoms with Gasteiger partial charge in [-0.15, -0.1) is 0 Å². The van der Waals surface area contributed by atoms with Crippen molar-refractivity contribution < 1.29 is 17.9 Å². The van der Waals surface area contributed by atoms with E-state index < -0.39 is 22.2 Å². The molecule has 0 saturated heterocycles. The van der Waals surface area contributed by atoms with E-state index in [4.69, 9.17) is 4.42 Å². The molecular weight excluding hydrogens is 292 g/mol. The number of aryl methyl sites for hydroxylation is 1. The number of benzene rings is 1. The van der Waals surface area contributed by atoms with Gasteiger partial charge in [0.15, 0.2) is 0 Å². The van der Waals surface area contributed by atoms with Crippen LogP contribution in [-0.4, -0.2) is 18.5 Å². The van der Waals surface area contributed by atoms with Crippen LogP contribution < -0.4 is 4.72 Å². The first-order valence-electron chi connectivity index (χ1n) is 6.52. The second-order valence-electron chi connectivity index (χ2n) is 4.90. The van der Waals surface area contributed by atoms with Crippen molar-refractivity contribution in [2.75, 3.05) is 0 Å². The van der Waals surface area contributed by atoms with E-state index in [1.165, 1.54) is 18.3 Å². The quantitative estimate of drug-likeness (QED) is 0.882. The minimum Gasteiger partial charge on any atom is -0.444 e. The standard InChI is InChI=1S/C14H18N2O4S/c1-9-8-15-14(20-9)10(2)16-21(18,19)13-6-4-12(5-7-13)11(3)17/h4-8,10-11,16-17H,1-3H3. The zero-order valence-electron chi connectivity index (χ0n) is 12.1. The van der Waals surface area contributed by atoms with E-state index in [9.17, 15) is 13.5 Å². The number of rotatable bonds is 5. The molecule has 2 N–H and O–H groups in total. The van der Waals surface area contributed by atoms with Crippen LogP contribution >= 0.6 is 0 Å². The SMILES string of the molecule is Cc1cnc(C(C)NS(=O)(=O)c2ccc(C(C)O)cc2)o1. The Hall–Kier alpha value is -1.70. The first-order chi connectivity index (χ1) is 9.79. The van der Waals surface area contributed by atoms with Crippen LogP contribution in [0.2, 0.25) is 0 Å². The number of sulfonamides is 1. The van der Waals surface area contributed by atoms with Gasteiger partial charge in [0.1, 0.15) is 5.76 Å². The molecule has 6 nitrogen and oxygen atoms in total. The molecule has 2 unspecified atom stereocenters. The summed E-state index contributed by atoms with van der Waals surface area (Å²) in [6, 6.07) is 5.51. The Kier molecular flexibility index (Phi) is 4.46. The van der Waals surface area contributed by atoms with Gasteiger partial charge in [0.2, 0.25) is 15.9 Å². The van der Waals surface area contributed by atoms with Crippen LogP contribution in [0.15, 0.2) is 39.8 Å². The van der Waals surface area contributed by atoms with Gasteiger partial charge in [-0.05, 0) is 38.5 Å². The Morgan fingerprint density at radius 3 is 2.33 bits per heavy atom. The average molecular weight is 310 g/mol. The summed E-state index contributed by atoms with van der Waals surface area (Å²) in [7, 11) is -3.67. The highest BCUT2D eigenvalue weighted by atomic mass is 32.2. The number of oxazole rings is 1. The van der Waals surface area contributed by atoms with Gasteiger partial charge in [-0.25, -0.2) is 13.4 Å². The lowest BCUT2D eigenvalue weighted by Crippen LogP contribution is -2.27. The molecular formula is C14H18N2O4S. The molecule has 114 valence electrons. The van der Waals surface area contributed by atoms with E-state index >= 15 is 0 Å². The zero-order valence-corrected chi connectivity index (χ0v) is 12.9. The Balaban J connectivity index is 2.18. The zero-order chi connectivity index (χ0) is 15.6. The van der Waals surface area contributed by atoms with E-state index in [-0.39, 0.29) is 4.90 Å². The third kappa shape index (κ3) is 3.69. The van der Waals surface area contributed by atoms with Crippen molar-refractivity contribution in [2.24, 2.45) is 0 Å². The van der Waals surface area contributed by atoms with Crippen LogP contribution in [0.3, 0.4) is 0 Å². The first kappa shape index (κ1) is 15.7. The predicted octanol–water partition coefficient (Wildman–Crippen LogP) is 2.08. The van der Waals surface area contributed by atoms with E-state index in [0.717, 1.165) is 0 Å². The van der Waals surface area contributed by atoms with E-state index in [2.05, 4.69) is 9.71 Å². The van der Waals surface area contributed by atoms with Crippen LogP contribution in [0.1, 0.15) is 43.2 Å². The summed E-state index contributed by atoms with van der Waals surface area (Å²) in [6.07, 6.45) is 0.904. The number of nitrogens with one attached hydrogen (secondary N) is 1. The fourth-order valence-electron chi connectivity index (χ4n) is 1.85. The fraction of sp³-hybridized carbons (Fsp3) is 0.357. The fourth-order valence-corrected chi connectivity index (χ4v) is 3.05. The molecule has 0 aliphatic rings. The molecule has 0 radical (unpaired) electrons. The third-order valence-electron chi connectivity index (χ3n) is 3.01. The van der Waals surface area contributed by atoms with Gasteiger partial charge in [-0.1, -0.05) is 12.1 Å². The summed E-state index contributed by atoms with van der Waals surface area (Å²) >= 11 is 0. The molecule has 21 heavy (non-hydrogen) atoms. The van der Waals surface area contributed by atoms with Crippen molar-refractivity contribution in [3.05, 3.63) is 47.7 Å². The van der Waals surface area contributed by atoms with Gasteiger partial charge in [-0.2, -0.15) is 4.72 Å². The molecule has 2 aromatic rings. The number of hydrogen-bond acceptors (Lipinski definition) is 5. The number of aliphatic hydroxyl groups excluding tert-OH is 1. The summed E-state index contributed by atoms with van der Waals surface area (Å²) in [5, 5.41) is 9.43.